The normalized spacial score (nSPS) is 27.3. The molecule has 0 aromatic heterocycles. The van der Waals surface area contributed by atoms with Gasteiger partial charge in [-0.2, -0.15) is 0 Å². The van der Waals surface area contributed by atoms with Crippen molar-refractivity contribution >= 4 is 5.97 Å². The molecule has 0 saturated carbocycles. The van der Waals surface area contributed by atoms with E-state index in [9.17, 15) is 4.79 Å². The average molecular weight is 202 g/mol. The number of carbonyl (C=O) groups excluding carboxylic acids is 1. The SMILES string of the molecule is CCCCOC(=O)C1(C)CCOCO1. The zero-order valence-electron chi connectivity index (χ0n) is 8.88. The van der Waals surface area contributed by atoms with Gasteiger partial charge in [0.25, 0.3) is 0 Å². The largest absolute Gasteiger partial charge is 0.464 e. The number of rotatable bonds is 4. The molecule has 82 valence electrons. The predicted molar refractivity (Wildman–Crippen MR) is 50.8 cm³/mol. The van der Waals surface area contributed by atoms with Gasteiger partial charge in [0, 0.05) is 6.42 Å². The minimum atomic E-state index is -0.800. The topological polar surface area (TPSA) is 44.8 Å². The summed E-state index contributed by atoms with van der Waals surface area (Å²) in [5, 5.41) is 0. The maximum atomic E-state index is 11.6. The summed E-state index contributed by atoms with van der Waals surface area (Å²) in [5.74, 6) is -0.269. The van der Waals surface area contributed by atoms with E-state index in [1.807, 2.05) is 0 Å². The smallest absolute Gasteiger partial charge is 0.338 e. The lowest BCUT2D eigenvalue weighted by molar-refractivity contribution is -0.211. The summed E-state index contributed by atoms with van der Waals surface area (Å²) in [6.07, 6.45) is 2.49. The van der Waals surface area contributed by atoms with E-state index >= 15 is 0 Å². The van der Waals surface area contributed by atoms with Gasteiger partial charge in [0.1, 0.15) is 6.79 Å². The maximum absolute atomic E-state index is 11.6. The van der Waals surface area contributed by atoms with Gasteiger partial charge < -0.3 is 14.2 Å². The van der Waals surface area contributed by atoms with E-state index in [1.165, 1.54) is 0 Å². The molecule has 4 nitrogen and oxygen atoms in total. The lowest BCUT2D eigenvalue weighted by Crippen LogP contribution is -2.44. The molecule has 0 bridgehead atoms. The Balaban J connectivity index is 2.33. The van der Waals surface area contributed by atoms with Gasteiger partial charge >= 0.3 is 5.97 Å². The minimum Gasteiger partial charge on any atom is -0.464 e. The maximum Gasteiger partial charge on any atom is 0.338 e. The highest BCUT2D eigenvalue weighted by Crippen LogP contribution is 2.21. The molecule has 0 radical (unpaired) electrons. The van der Waals surface area contributed by atoms with Gasteiger partial charge in [-0.1, -0.05) is 13.3 Å². The van der Waals surface area contributed by atoms with Crippen LogP contribution < -0.4 is 0 Å². The predicted octanol–water partition coefficient (Wildman–Crippen LogP) is 1.48. The molecular formula is C10H18O4. The Bertz CT molecular complexity index is 185. The van der Waals surface area contributed by atoms with Crippen LogP contribution in [0.4, 0.5) is 0 Å². The molecule has 0 aromatic rings. The van der Waals surface area contributed by atoms with Crippen molar-refractivity contribution in [3.05, 3.63) is 0 Å². The molecule has 4 heteroatoms. The fourth-order valence-corrected chi connectivity index (χ4v) is 1.19. The molecule has 0 aliphatic carbocycles. The lowest BCUT2D eigenvalue weighted by Gasteiger charge is -2.31. The molecule has 0 spiro atoms. The molecule has 1 unspecified atom stereocenters. The van der Waals surface area contributed by atoms with Gasteiger partial charge in [0.15, 0.2) is 5.60 Å². The number of ether oxygens (including phenoxy) is 3. The molecule has 0 N–H and O–H groups in total. The molecule has 1 saturated heterocycles. The Morgan fingerprint density at radius 3 is 2.93 bits per heavy atom. The van der Waals surface area contributed by atoms with Gasteiger partial charge in [-0.25, -0.2) is 4.79 Å². The van der Waals surface area contributed by atoms with Crippen molar-refractivity contribution in [2.45, 2.75) is 38.7 Å². The minimum absolute atomic E-state index is 0.180. The third-order valence-corrected chi connectivity index (χ3v) is 2.35. The van der Waals surface area contributed by atoms with Crippen LogP contribution in [0.2, 0.25) is 0 Å². The Morgan fingerprint density at radius 1 is 1.57 bits per heavy atom. The average Bonchev–Trinajstić information content (AvgIpc) is 2.19. The Hall–Kier alpha value is -0.610. The van der Waals surface area contributed by atoms with Crippen LogP contribution in [0.3, 0.4) is 0 Å². The zero-order valence-corrected chi connectivity index (χ0v) is 8.88. The van der Waals surface area contributed by atoms with E-state index in [-0.39, 0.29) is 12.8 Å². The number of esters is 1. The fourth-order valence-electron chi connectivity index (χ4n) is 1.19. The van der Waals surface area contributed by atoms with Crippen molar-refractivity contribution in [3.63, 3.8) is 0 Å². The number of hydrogen-bond donors (Lipinski definition) is 0. The van der Waals surface area contributed by atoms with Gasteiger partial charge in [0.05, 0.1) is 13.2 Å². The van der Waals surface area contributed by atoms with E-state index in [0.29, 0.717) is 19.6 Å². The quantitative estimate of drug-likeness (QED) is 0.511. The first-order chi connectivity index (χ1) is 6.69. The van der Waals surface area contributed by atoms with E-state index in [4.69, 9.17) is 14.2 Å². The van der Waals surface area contributed by atoms with Crippen LogP contribution in [0, 0.1) is 0 Å². The Kier molecular flexibility index (Phi) is 4.35. The molecule has 1 aliphatic heterocycles. The highest BCUT2D eigenvalue weighted by Gasteiger charge is 2.38. The van der Waals surface area contributed by atoms with E-state index in [2.05, 4.69) is 6.92 Å². The van der Waals surface area contributed by atoms with Crippen molar-refractivity contribution in [1.82, 2.24) is 0 Å². The van der Waals surface area contributed by atoms with Crippen LogP contribution >= 0.6 is 0 Å². The standard InChI is InChI=1S/C10H18O4/c1-3-4-6-13-9(11)10(2)5-7-12-8-14-10/h3-8H2,1-2H3. The van der Waals surface area contributed by atoms with Gasteiger partial charge in [-0.3, -0.25) is 0 Å². The first-order valence-corrected chi connectivity index (χ1v) is 5.08. The molecule has 0 amide bonds. The van der Waals surface area contributed by atoms with Crippen LogP contribution in [0.15, 0.2) is 0 Å². The molecule has 1 fully saturated rings. The highest BCUT2D eigenvalue weighted by molar-refractivity contribution is 5.79. The van der Waals surface area contributed by atoms with Crippen molar-refractivity contribution in [2.24, 2.45) is 0 Å². The Morgan fingerprint density at radius 2 is 2.36 bits per heavy atom. The fraction of sp³-hybridized carbons (Fsp3) is 0.900. The molecule has 0 aromatic carbocycles. The summed E-state index contributed by atoms with van der Waals surface area (Å²) in [7, 11) is 0. The third kappa shape index (κ3) is 2.96. The Labute approximate surface area is 84.5 Å². The number of carbonyl (C=O) groups is 1. The summed E-state index contributed by atoms with van der Waals surface area (Å²) in [6.45, 7) is 5.03. The van der Waals surface area contributed by atoms with Crippen LogP contribution in [0.1, 0.15) is 33.1 Å². The van der Waals surface area contributed by atoms with E-state index in [0.717, 1.165) is 12.8 Å². The van der Waals surface area contributed by atoms with Crippen molar-refractivity contribution < 1.29 is 19.0 Å². The van der Waals surface area contributed by atoms with E-state index in [1.54, 1.807) is 6.92 Å². The number of unbranched alkanes of at least 4 members (excludes halogenated alkanes) is 1. The van der Waals surface area contributed by atoms with Crippen molar-refractivity contribution in [2.75, 3.05) is 20.0 Å². The molecule has 1 aliphatic rings. The first-order valence-electron chi connectivity index (χ1n) is 5.08. The second-order valence-corrected chi connectivity index (χ2v) is 3.64. The van der Waals surface area contributed by atoms with Crippen LogP contribution in [-0.4, -0.2) is 31.6 Å². The highest BCUT2D eigenvalue weighted by atomic mass is 16.7. The van der Waals surface area contributed by atoms with Crippen molar-refractivity contribution in [1.29, 1.82) is 0 Å². The van der Waals surface area contributed by atoms with E-state index < -0.39 is 5.60 Å². The molecule has 14 heavy (non-hydrogen) atoms. The summed E-state index contributed by atoms with van der Waals surface area (Å²) >= 11 is 0. The second-order valence-electron chi connectivity index (χ2n) is 3.64. The molecular weight excluding hydrogens is 184 g/mol. The zero-order chi connectivity index (χ0) is 10.4. The summed E-state index contributed by atoms with van der Waals surface area (Å²) < 4.78 is 15.4. The molecule has 1 atom stereocenters. The number of hydrogen-bond acceptors (Lipinski definition) is 4. The van der Waals surface area contributed by atoms with Crippen molar-refractivity contribution in [3.8, 4) is 0 Å². The van der Waals surface area contributed by atoms with Gasteiger partial charge in [-0.15, -0.1) is 0 Å². The van der Waals surface area contributed by atoms with Crippen LogP contribution in [0.5, 0.6) is 0 Å². The first kappa shape index (κ1) is 11.5. The van der Waals surface area contributed by atoms with Crippen LogP contribution in [0.25, 0.3) is 0 Å². The monoisotopic (exact) mass is 202 g/mol. The van der Waals surface area contributed by atoms with Crippen LogP contribution in [-0.2, 0) is 19.0 Å². The van der Waals surface area contributed by atoms with Gasteiger partial charge in [0.2, 0.25) is 0 Å². The second kappa shape index (κ2) is 5.32. The summed E-state index contributed by atoms with van der Waals surface area (Å²) in [6, 6.07) is 0. The lowest BCUT2D eigenvalue weighted by atomic mass is 10.0. The summed E-state index contributed by atoms with van der Waals surface area (Å²) in [5.41, 5.74) is -0.800. The summed E-state index contributed by atoms with van der Waals surface area (Å²) in [4.78, 5) is 11.6. The molecule has 1 rings (SSSR count). The third-order valence-electron chi connectivity index (χ3n) is 2.35. The molecule has 1 heterocycles. The van der Waals surface area contributed by atoms with Gasteiger partial charge in [-0.05, 0) is 13.3 Å².